The fraction of sp³-hybridized carbons (Fsp3) is 0.222. The molecule has 17 heavy (non-hydrogen) atoms. The second-order valence-electron chi connectivity index (χ2n) is 3.24. The monoisotopic (exact) mass is 280 g/mol. The first-order valence-corrected chi connectivity index (χ1v) is 6.77. The van der Waals surface area contributed by atoms with Gasteiger partial charge in [0.1, 0.15) is 0 Å². The van der Waals surface area contributed by atoms with E-state index < -0.39 is 21.6 Å². The number of alkyl halides is 2. The van der Waals surface area contributed by atoms with Gasteiger partial charge < -0.3 is 5.32 Å². The molecule has 1 unspecified atom stereocenters. The minimum absolute atomic E-state index is 0.243. The van der Waals surface area contributed by atoms with Crippen molar-refractivity contribution in [1.82, 2.24) is 0 Å². The number of hydrogen-bond donors (Lipinski definition) is 2. The van der Waals surface area contributed by atoms with Crippen molar-refractivity contribution in [1.29, 1.82) is 0 Å². The van der Waals surface area contributed by atoms with E-state index >= 15 is 0 Å². The zero-order chi connectivity index (χ0) is 13.1. The number of halogens is 2. The Labute approximate surface area is 103 Å². The van der Waals surface area contributed by atoms with Crippen LogP contribution < -0.4 is 10.0 Å². The second kappa shape index (κ2) is 5.33. The van der Waals surface area contributed by atoms with Crippen LogP contribution in [0.4, 0.5) is 15.8 Å². The Morgan fingerprint density at radius 3 is 2.53 bits per heavy atom. The van der Waals surface area contributed by atoms with Gasteiger partial charge in [-0.05, 0) is 18.2 Å². The Hall–Kier alpha value is -1.34. The summed E-state index contributed by atoms with van der Waals surface area (Å²) < 4.78 is 36.5. The van der Waals surface area contributed by atoms with Gasteiger partial charge in [-0.25, -0.2) is 12.8 Å². The second-order valence-corrected chi connectivity index (χ2v) is 5.38. The molecule has 1 rings (SSSR count). The summed E-state index contributed by atoms with van der Waals surface area (Å²) in [4.78, 5) is 11.0. The number of carbonyl (C=O) groups excluding carboxylic acids is 1. The van der Waals surface area contributed by atoms with Crippen LogP contribution in [-0.2, 0) is 14.8 Å². The molecule has 1 aromatic rings. The van der Waals surface area contributed by atoms with E-state index in [4.69, 9.17) is 11.6 Å². The minimum atomic E-state index is -3.40. The number of amides is 1. The van der Waals surface area contributed by atoms with Crippen LogP contribution in [0.5, 0.6) is 0 Å². The van der Waals surface area contributed by atoms with Crippen LogP contribution in [-0.4, -0.2) is 26.2 Å². The van der Waals surface area contributed by atoms with E-state index in [0.717, 1.165) is 6.26 Å². The normalized spacial score (nSPS) is 12.9. The summed E-state index contributed by atoms with van der Waals surface area (Å²) in [5.74, 6) is -1.01. The van der Waals surface area contributed by atoms with Crippen molar-refractivity contribution in [3.05, 3.63) is 24.3 Å². The zero-order valence-corrected chi connectivity index (χ0v) is 10.3. The van der Waals surface area contributed by atoms with Crippen LogP contribution in [0.1, 0.15) is 0 Å². The van der Waals surface area contributed by atoms with Crippen LogP contribution in [0.2, 0.25) is 0 Å². The van der Waals surface area contributed by atoms with Gasteiger partial charge in [-0.15, -0.1) is 0 Å². The van der Waals surface area contributed by atoms with E-state index in [1.165, 1.54) is 24.3 Å². The number of anilines is 2. The van der Waals surface area contributed by atoms with E-state index in [0.29, 0.717) is 0 Å². The lowest BCUT2D eigenvalue weighted by Crippen LogP contribution is -2.19. The molecule has 0 saturated carbocycles. The fourth-order valence-corrected chi connectivity index (χ4v) is 1.68. The summed E-state index contributed by atoms with van der Waals surface area (Å²) in [6.45, 7) is 0. The van der Waals surface area contributed by atoms with Crippen LogP contribution in [0.3, 0.4) is 0 Å². The molecule has 5 nitrogen and oxygen atoms in total. The number of benzene rings is 1. The summed E-state index contributed by atoms with van der Waals surface area (Å²) in [5.41, 5.74) is -1.65. The van der Waals surface area contributed by atoms with Gasteiger partial charge in [0, 0.05) is 5.69 Å². The van der Waals surface area contributed by atoms with Crippen molar-refractivity contribution >= 4 is 38.9 Å². The number of sulfonamides is 1. The first-order chi connectivity index (χ1) is 7.78. The summed E-state index contributed by atoms with van der Waals surface area (Å²) in [6.07, 6.45) is 0.995. The van der Waals surface area contributed by atoms with Crippen LogP contribution in [0.25, 0.3) is 0 Å². The summed E-state index contributed by atoms with van der Waals surface area (Å²) in [6, 6.07) is 5.82. The number of nitrogens with one attached hydrogen (secondary N) is 2. The Morgan fingerprint density at radius 2 is 2.00 bits per heavy atom. The van der Waals surface area contributed by atoms with Crippen molar-refractivity contribution in [3.63, 3.8) is 0 Å². The van der Waals surface area contributed by atoms with Gasteiger partial charge in [0.05, 0.1) is 11.9 Å². The molecule has 0 spiro atoms. The molecule has 0 bridgehead atoms. The van der Waals surface area contributed by atoms with E-state index in [9.17, 15) is 17.6 Å². The minimum Gasteiger partial charge on any atom is -0.322 e. The van der Waals surface area contributed by atoms with E-state index in [1.54, 1.807) is 0 Å². The highest BCUT2D eigenvalue weighted by molar-refractivity contribution is 7.92. The van der Waals surface area contributed by atoms with Crippen LogP contribution in [0.15, 0.2) is 24.3 Å². The van der Waals surface area contributed by atoms with Crippen molar-refractivity contribution in [2.45, 2.75) is 5.63 Å². The molecule has 1 atom stereocenters. The van der Waals surface area contributed by atoms with Crippen molar-refractivity contribution in [2.75, 3.05) is 16.3 Å². The largest absolute Gasteiger partial charge is 0.322 e. The first-order valence-electron chi connectivity index (χ1n) is 4.45. The molecule has 0 aliphatic carbocycles. The Balaban J connectivity index is 2.83. The molecular formula is C9H10ClFN2O3S. The van der Waals surface area contributed by atoms with Gasteiger partial charge in [0.2, 0.25) is 10.0 Å². The van der Waals surface area contributed by atoms with Crippen LogP contribution in [0, 0.1) is 0 Å². The Bertz CT molecular complexity index is 519. The Morgan fingerprint density at radius 1 is 1.41 bits per heavy atom. The highest BCUT2D eigenvalue weighted by atomic mass is 35.5. The third kappa shape index (κ3) is 5.01. The van der Waals surface area contributed by atoms with Gasteiger partial charge in [-0.3, -0.25) is 9.52 Å². The third-order valence-corrected chi connectivity index (χ3v) is 2.44. The van der Waals surface area contributed by atoms with Crippen molar-refractivity contribution in [2.24, 2.45) is 0 Å². The molecule has 0 aliphatic heterocycles. The lowest BCUT2D eigenvalue weighted by Gasteiger charge is -2.08. The number of rotatable bonds is 4. The van der Waals surface area contributed by atoms with Crippen LogP contribution >= 0.6 is 11.6 Å². The molecule has 2 N–H and O–H groups in total. The standard InChI is InChI=1S/C9H10ClFN2O3S/c1-17(15,16)13-7-4-2-3-6(5-7)12-9(14)8(10)11/h2-5,8,13H,1H3,(H,12,14). The molecule has 0 radical (unpaired) electrons. The lowest BCUT2D eigenvalue weighted by atomic mass is 10.3. The maximum atomic E-state index is 12.4. The maximum Gasteiger partial charge on any atom is 0.274 e. The SMILES string of the molecule is CS(=O)(=O)Nc1cccc(NC(=O)C(F)Cl)c1. The molecule has 0 aromatic heterocycles. The Kier molecular flexibility index (Phi) is 4.30. The van der Waals surface area contributed by atoms with Crippen molar-refractivity contribution in [3.8, 4) is 0 Å². The van der Waals surface area contributed by atoms with Gasteiger partial charge in [0.25, 0.3) is 11.5 Å². The van der Waals surface area contributed by atoms with E-state index in [2.05, 4.69) is 10.0 Å². The molecule has 0 heterocycles. The molecule has 1 aromatic carbocycles. The topological polar surface area (TPSA) is 75.3 Å². The summed E-state index contributed by atoms with van der Waals surface area (Å²) in [7, 11) is -3.40. The molecule has 94 valence electrons. The first kappa shape index (κ1) is 13.7. The smallest absolute Gasteiger partial charge is 0.274 e. The average molecular weight is 281 g/mol. The zero-order valence-electron chi connectivity index (χ0n) is 8.78. The predicted molar refractivity (Wildman–Crippen MR) is 64.3 cm³/mol. The lowest BCUT2D eigenvalue weighted by molar-refractivity contribution is -0.118. The van der Waals surface area contributed by atoms with E-state index in [1.807, 2.05) is 0 Å². The van der Waals surface area contributed by atoms with Gasteiger partial charge in [-0.2, -0.15) is 0 Å². The molecule has 1 amide bonds. The number of hydrogen-bond acceptors (Lipinski definition) is 3. The molecule has 0 saturated heterocycles. The van der Waals surface area contributed by atoms with E-state index in [-0.39, 0.29) is 11.4 Å². The highest BCUT2D eigenvalue weighted by Crippen LogP contribution is 2.16. The molecule has 8 heteroatoms. The highest BCUT2D eigenvalue weighted by Gasteiger charge is 2.13. The number of carbonyl (C=O) groups is 1. The molecule has 0 aliphatic rings. The quantitative estimate of drug-likeness (QED) is 0.821. The third-order valence-electron chi connectivity index (χ3n) is 1.63. The maximum absolute atomic E-state index is 12.4. The summed E-state index contributed by atoms with van der Waals surface area (Å²) >= 11 is 4.93. The van der Waals surface area contributed by atoms with Gasteiger partial charge in [-0.1, -0.05) is 17.7 Å². The predicted octanol–water partition coefficient (Wildman–Crippen LogP) is 1.53. The molecule has 0 fully saturated rings. The van der Waals surface area contributed by atoms with Gasteiger partial charge >= 0.3 is 0 Å². The van der Waals surface area contributed by atoms with Gasteiger partial charge in [0.15, 0.2) is 0 Å². The fourth-order valence-electron chi connectivity index (χ4n) is 1.07. The summed E-state index contributed by atoms with van der Waals surface area (Å²) in [5, 5.41) is 2.19. The average Bonchev–Trinajstić information content (AvgIpc) is 2.15. The molecular weight excluding hydrogens is 271 g/mol. The van der Waals surface area contributed by atoms with Crippen molar-refractivity contribution < 1.29 is 17.6 Å².